The molecule has 4 aromatic rings. The first kappa shape index (κ1) is 24.7. The van der Waals surface area contributed by atoms with Crippen molar-refractivity contribution in [1.29, 1.82) is 0 Å². The van der Waals surface area contributed by atoms with Crippen LogP contribution in [-0.2, 0) is 4.79 Å². The Morgan fingerprint density at radius 1 is 1.09 bits per heavy atom. The SMILES string of the molecule is COc1cc(C=NNC(=O)COc2ccc(Br)cc2)ccc1OC(=O)c1sc2ccccc2c1Cl. The van der Waals surface area contributed by atoms with Crippen LogP contribution in [0.4, 0.5) is 0 Å². The largest absolute Gasteiger partial charge is 0.493 e. The van der Waals surface area contributed by atoms with E-state index in [9.17, 15) is 9.59 Å². The maximum absolute atomic E-state index is 12.7. The van der Waals surface area contributed by atoms with E-state index in [2.05, 4.69) is 26.5 Å². The van der Waals surface area contributed by atoms with Crippen LogP contribution in [0.1, 0.15) is 15.2 Å². The van der Waals surface area contributed by atoms with Gasteiger partial charge in [0, 0.05) is 14.6 Å². The van der Waals surface area contributed by atoms with Gasteiger partial charge in [0.2, 0.25) is 0 Å². The fourth-order valence-electron chi connectivity index (χ4n) is 3.03. The number of ether oxygens (including phenoxy) is 3. The Balaban J connectivity index is 1.37. The summed E-state index contributed by atoms with van der Waals surface area (Å²) in [5.41, 5.74) is 3.02. The van der Waals surface area contributed by atoms with Crippen molar-refractivity contribution in [2.24, 2.45) is 5.10 Å². The average molecular weight is 574 g/mol. The molecule has 1 N–H and O–H groups in total. The first-order chi connectivity index (χ1) is 16.9. The standard InChI is InChI=1S/C25H18BrClN2O5S/c1-32-20-12-15(13-28-29-22(30)14-33-17-9-7-16(26)8-10-17)6-11-19(20)34-25(31)24-23(27)18-4-2-3-5-21(18)35-24/h2-13H,14H2,1H3,(H,29,30). The molecule has 4 rings (SSSR count). The van der Waals surface area contributed by atoms with Gasteiger partial charge in [-0.1, -0.05) is 45.7 Å². The lowest BCUT2D eigenvalue weighted by molar-refractivity contribution is -0.123. The fourth-order valence-corrected chi connectivity index (χ4v) is 4.68. The second-order valence-corrected chi connectivity index (χ2v) is 9.42. The summed E-state index contributed by atoms with van der Waals surface area (Å²) in [5.74, 6) is 0.134. The number of benzene rings is 3. The van der Waals surface area contributed by atoms with Gasteiger partial charge in [0.1, 0.15) is 10.6 Å². The average Bonchev–Trinajstić information content (AvgIpc) is 3.21. The summed E-state index contributed by atoms with van der Waals surface area (Å²) in [5, 5.41) is 5.09. The number of esters is 1. The fraction of sp³-hybridized carbons (Fsp3) is 0.0800. The van der Waals surface area contributed by atoms with Crippen LogP contribution in [0, 0.1) is 0 Å². The zero-order valence-electron chi connectivity index (χ0n) is 18.3. The Hall–Kier alpha value is -3.40. The lowest BCUT2D eigenvalue weighted by Gasteiger charge is -2.09. The molecule has 0 unspecified atom stereocenters. The summed E-state index contributed by atoms with van der Waals surface area (Å²) >= 11 is 11.0. The van der Waals surface area contributed by atoms with E-state index in [1.807, 2.05) is 36.4 Å². The van der Waals surface area contributed by atoms with Crippen molar-refractivity contribution in [2.45, 2.75) is 0 Å². The van der Waals surface area contributed by atoms with Crippen LogP contribution >= 0.6 is 38.9 Å². The molecule has 0 radical (unpaired) electrons. The minimum Gasteiger partial charge on any atom is -0.493 e. The summed E-state index contributed by atoms with van der Waals surface area (Å²) in [7, 11) is 1.46. The number of hydrogen-bond acceptors (Lipinski definition) is 7. The third-order valence-electron chi connectivity index (χ3n) is 4.70. The molecule has 0 saturated heterocycles. The number of carbonyl (C=O) groups is 2. The maximum atomic E-state index is 12.7. The van der Waals surface area contributed by atoms with E-state index in [1.54, 1.807) is 30.3 Å². The van der Waals surface area contributed by atoms with Gasteiger partial charge in [-0.15, -0.1) is 11.3 Å². The van der Waals surface area contributed by atoms with Gasteiger partial charge in [0.05, 0.1) is 18.3 Å². The number of fused-ring (bicyclic) bond motifs is 1. The monoisotopic (exact) mass is 572 g/mol. The molecule has 7 nitrogen and oxygen atoms in total. The highest BCUT2D eigenvalue weighted by Crippen LogP contribution is 2.37. The summed E-state index contributed by atoms with van der Waals surface area (Å²) < 4.78 is 18.1. The van der Waals surface area contributed by atoms with E-state index < -0.39 is 11.9 Å². The number of hydrogen-bond donors (Lipinski definition) is 1. The number of thiophene rings is 1. The van der Waals surface area contributed by atoms with Gasteiger partial charge in [0.15, 0.2) is 18.1 Å². The minimum atomic E-state index is -0.575. The predicted octanol–water partition coefficient (Wildman–Crippen LogP) is 6.07. The minimum absolute atomic E-state index is 0.183. The van der Waals surface area contributed by atoms with Crippen molar-refractivity contribution in [2.75, 3.05) is 13.7 Å². The van der Waals surface area contributed by atoms with E-state index in [-0.39, 0.29) is 12.4 Å². The van der Waals surface area contributed by atoms with Crippen molar-refractivity contribution in [1.82, 2.24) is 5.43 Å². The molecule has 1 heterocycles. The van der Waals surface area contributed by atoms with Crippen molar-refractivity contribution >= 4 is 67.0 Å². The zero-order chi connectivity index (χ0) is 24.8. The van der Waals surface area contributed by atoms with Crippen LogP contribution in [0.25, 0.3) is 10.1 Å². The molecule has 0 spiro atoms. The third-order valence-corrected chi connectivity index (χ3v) is 6.88. The smallest absolute Gasteiger partial charge is 0.355 e. The second kappa shape index (κ2) is 11.4. The number of nitrogens with one attached hydrogen (secondary N) is 1. The molecule has 1 amide bonds. The van der Waals surface area contributed by atoms with Crippen molar-refractivity contribution < 1.29 is 23.8 Å². The zero-order valence-corrected chi connectivity index (χ0v) is 21.4. The van der Waals surface area contributed by atoms with E-state index in [1.165, 1.54) is 24.7 Å². The van der Waals surface area contributed by atoms with Crippen LogP contribution in [0.5, 0.6) is 17.2 Å². The van der Waals surface area contributed by atoms with Gasteiger partial charge >= 0.3 is 5.97 Å². The van der Waals surface area contributed by atoms with E-state index in [4.69, 9.17) is 25.8 Å². The Labute approximate surface area is 218 Å². The first-order valence-electron chi connectivity index (χ1n) is 10.2. The van der Waals surface area contributed by atoms with Gasteiger partial charge in [-0.05, 0) is 54.1 Å². The van der Waals surface area contributed by atoms with E-state index in [0.717, 1.165) is 14.6 Å². The molecule has 0 aliphatic heterocycles. The van der Waals surface area contributed by atoms with Crippen LogP contribution in [0.15, 0.2) is 76.3 Å². The number of methoxy groups -OCH3 is 1. The summed E-state index contributed by atoms with van der Waals surface area (Å²) in [6, 6.07) is 19.5. The Bertz CT molecular complexity index is 1410. The molecule has 0 fully saturated rings. The normalized spacial score (nSPS) is 10.9. The van der Waals surface area contributed by atoms with Gasteiger partial charge in [0.25, 0.3) is 5.91 Å². The number of halogens is 2. The highest BCUT2D eigenvalue weighted by Gasteiger charge is 2.20. The molecule has 0 saturated carbocycles. The van der Waals surface area contributed by atoms with Gasteiger partial charge < -0.3 is 14.2 Å². The number of rotatable bonds is 8. The van der Waals surface area contributed by atoms with E-state index >= 15 is 0 Å². The maximum Gasteiger partial charge on any atom is 0.355 e. The molecular weight excluding hydrogens is 556 g/mol. The number of nitrogens with zero attached hydrogens (tertiary/aromatic N) is 1. The molecule has 0 aliphatic rings. The molecule has 178 valence electrons. The quantitative estimate of drug-likeness (QED) is 0.120. The molecule has 3 aromatic carbocycles. The number of hydrazone groups is 1. The summed E-state index contributed by atoms with van der Waals surface area (Å²) in [6.07, 6.45) is 1.44. The topological polar surface area (TPSA) is 86.2 Å². The Kier molecular flexibility index (Phi) is 8.02. The van der Waals surface area contributed by atoms with Crippen LogP contribution < -0.4 is 19.6 Å². The molecule has 0 aliphatic carbocycles. The lowest BCUT2D eigenvalue weighted by Crippen LogP contribution is -2.24. The van der Waals surface area contributed by atoms with Crippen LogP contribution in [-0.4, -0.2) is 31.8 Å². The van der Waals surface area contributed by atoms with Gasteiger partial charge in [-0.2, -0.15) is 5.10 Å². The van der Waals surface area contributed by atoms with Gasteiger partial charge in [-0.3, -0.25) is 4.79 Å². The molecule has 0 bridgehead atoms. The lowest BCUT2D eigenvalue weighted by atomic mass is 10.2. The highest BCUT2D eigenvalue weighted by atomic mass is 79.9. The van der Waals surface area contributed by atoms with Crippen molar-refractivity contribution in [3.8, 4) is 17.2 Å². The Morgan fingerprint density at radius 3 is 2.60 bits per heavy atom. The van der Waals surface area contributed by atoms with Crippen molar-refractivity contribution in [3.05, 3.63) is 86.7 Å². The van der Waals surface area contributed by atoms with Crippen LogP contribution in [0.3, 0.4) is 0 Å². The van der Waals surface area contributed by atoms with E-state index in [0.29, 0.717) is 27.0 Å². The third kappa shape index (κ3) is 6.19. The predicted molar refractivity (Wildman–Crippen MR) is 140 cm³/mol. The summed E-state index contributed by atoms with van der Waals surface area (Å²) in [4.78, 5) is 25.0. The molecule has 0 atom stereocenters. The molecule has 1 aromatic heterocycles. The van der Waals surface area contributed by atoms with Gasteiger partial charge in [-0.25, -0.2) is 10.2 Å². The summed E-state index contributed by atoms with van der Waals surface area (Å²) in [6.45, 7) is -0.183. The molecular formula is C25H18BrClN2O5S. The second-order valence-electron chi connectivity index (χ2n) is 7.08. The Morgan fingerprint density at radius 2 is 1.86 bits per heavy atom. The van der Waals surface area contributed by atoms with Crippen molar-refractivity contribution in [3.63, 3.8) is 0 Å². The van der Waals surface area contributed by atoms with Crippen LogP contribution in [0.2, 0.25) is 5.02 Å². The molecule has 35 heavy (non-hydrogen) atoms. The first-order valence-corrected chi connectivity index (χ1v) is 12.2. The number of amides is 1. The highest BCUT2D eigenvalue weighted by molar-refractivity contribution is 9.10. The molecule has 10 heteroatoms. The number of carbonyl (C=O) groups excluding carboxylic acids is 2.